The van der Waals surface area contributed by atoms with E-state index in [1.807, 2.05) is 48.5 Å². The zero-order valence-electron chi connectivity index (χ0n) is 25.7. The van der Waals surface area contributed by atoms with Crippen LogP contribution in [0.25, 0.3) is 44.2 Å². The van der Waals surface area contributed by atoms with Crippen LogP contribution in [0.15, 0.2) is 154 Å². The maximum absolute atomic E-state index is 6.47. The van der Waals surface area contributed by atoms with Gasteiger partial charge in [-0.3, -0.25) is 0 Å². The average Bonchev–Trinajstić information content (AvgIpc) is 3.61. The molecule has 1 aromatic heterocycles. The van der Waals surface area contributed by atoms with Crippen LogP contribution >= 0.6 is 0 Å². The van der Waals surface area contributed by atoms with Gasteiger partial charge in [0.15, 0.2) is 6.17 Å². The number of amidine groups is 2. The molecule has 2 heterocycles. The lowest BCUT2D eigenvalue weighted by atomic mass is 9.82. The van der Waals surface area contributed by atoms with Crippen molar-refractivity contribution in [2.75, 3.05) is 0 Å². The van der Waals surface area contributed by atoms with Crippen molar-refractivity contribution < 1.29 is 4.42 Å². The molecule has 4 nitrogen and oxygen atoms in total. The van der Waals surface area contributed by atoms with Crippen molar-refractivity contribution in [3.05, 3.63) is 167 Å². The largest absolute Gasteiger partial charge is 0.456 e. The number of hydrogen-bond acceptors (Lipinski definition) is 4. The number of nitrogens with zero attached hydrogens (tertiary/aromatic N) is 2. The Labute approximate surface area is 267 Å². The third-order valence-corrected chi connectivity index (χ3v) is 9.56. The summed E-state index contributed by atoms with van der Waals surface area (Å²) in [6, 6.07) is 48.9. The van der Waals surface area contributed by atoms with Crippen molar-refractivity contribution in [3.8, 4) is 22.3 Å². The highest BCUT2D eigenvalue weighted by atomic mass is 16.3. The van der Waals surface area contributed by atoms with E-state index in [-0.39, 0.29) is 5.41 Å². The van der Waals surface area contributed by atoms with Gasteiger partial charge in [-0.15, -0.1) is 0 Å². The summed E-state index contributed by atoms with van der Waals surface area (Å²) in [5.41, 5.74) is 12.5. The van der Waals surface area contributed by atoms with Crippen molar-refractivity contribution in [3.63, 3.8) is 0 Å². The molecule has 1 N–H and O–H groups in total. The predicted octanol–water partition coefficient (Wildman–Crippen LogP) is 10.1. The molecule has 6 aromatic carbocycles. The Morgan fingerprint density at radius 2 is 1.20 bits per heavy atom. The van der Waals surface area contributed by atoms with Gasteiger partial charge in [0.2, 0.25) is 0 Å². The van der Waals surface area contributed by atoms with Gasteiger partial charge in [0.25, 0.3) is 0 Å². The molecular formula is C42H31N3O. The molecule has 0 saturated heterocycles. The Morgan fingerprint density at radius 1 is 0.565 bits per heavy atom. The monoisotopic (exact) mass is 593 g/mol. The number of benzene rings is 6. The minimum atomic E-state index is -0.450. The van der Waals surface area contributed by atoms with Crippen LogP contribution in [0.2, 0.25) is 0 Å². The van der Waals surface area contributed by atoms with Crippen LogP contribution in [0, 0.1) is 0 Å². The van der Waals surface area contributed by atoms with Gasteiger partial charge < -0.3 is 9.73 Å². The fraction of sp³-hybridized carbons (Fsp3) is 0.0952. The van der Waals surface area contributed by atoms with Crippen LogP contribution < -0.4 is 5.32 Å². The quantitative estimate of drug-likeness (QED) is 0.221. The highest BCUT2D eigenvalue weighted by molar-refractivity contribution is 6.16. The van der Waals surface area contributed by atoms with Crippen molar-refractivity contribution >= 4 is 33.6 Å². The van der Waals surface area contributed by atoms with Crippen molar-refractivity contribution in [2.45, 2.75) is 25.4 Å². The molecule has 0 unspecified atom stereocenters. The molecule has 9 rings (SSSR count). The molecule has 7 aromatic rings. The van der Waals surface area contributed by atoms with E-state index in [0.29, 0.717) is 0 Å². The standard InChI is InChI=1S/C42H31N3O/c1-42(2)33-20-10-9-17-30(33)37-29(18-11-21-34(37)42)28-23-24-35-32(25-28)38-31(19-12-22-36(38)46-35)41-44-39(26-13-5-3-6-14-26)43-40(45-41)27-15-7-4-8-16-27/h3-25,41H,1-2H3,(H,43,44,45). The highest BCUT2D eigenvalue weighted by Gasteiger charge is 2.36. The Kier molecular flexibility index (Phi) is 5.88. The lowest BCUT2D eigenvalue weighted by Crippen LogP contribution is -2.36. The number of furan rings is 1. The number of rotatable bonds is 4. The van der Waals surface area contributed by atoms with Crippen molar-refractivity contribution in [1.82, 2.24) is 5.32 Å². The third-order valence-electron chi connectivity index (χ3n) is 9.56. The highest BCUT2D eigenvalue weighted by Crippen LogP contribution is 2.52. The van der Waals surface area contributed by atoms with Gasteiger partial charge in [-0.25, -0.2) is 9.98 Å². The number of nitrogens with one attached hydrogen (secondary N) is 1. The molecule has 0 atom stereocenters. The summed E-state index contributed by atoms with van der Waals surface area (Å²) in [5, 5.41) is 5.63. The van der Waals surface area contributed by atoms with Crippen LogP contribution in [-0.2, 0) is 5.41 Å². The van der Waals surface area contributed by atoms with E-state index < -0.39 is 6.17 Å². The van der Waals surface area contributed by atoms with Crippen molar-refractivity contribution in [2.24, 2.45) is 9.98 Å². The Bertz CT molecular complexity index is 2310. The molecular weight excluding hydrogens is 562 g/mol. The number of fused-ring (bicyclic) bond motifs is 6. The van der Waals surface area contributed by atoms with E-state index in [4.69, 9.17) is 14.4 Å². The van der Waals surface area contributed by atoms with E-state index in [2.05, 4.69) is 110 Å². The second-order valence-corrected chi connectivity index (χ2v) is 12.6. The Hall–Kier alpha value is -5.74. The van der Waals surface area contributed by atoms with Gasteiger partial charge >= 0.3 is 0 Å². The molecule has 220 valence electrons. The minimum absolute atomic E-state index is 0.0561. The molecule has 0 fully saturated rings. The molecule has 0 amide bonds. The lowest BCUT2D eigenvalue weighted by Gasteiger charge is -2.22. The first kappa shape index (κ1) is 26.6. The molecule has 1 aliphatic carbocycles. The number of hydrogen-bond donors (Lipinski definition) is 1. The van der Waals surface area contributed by atoms with E-state index in [1.54, 1.807) is 0 Å². The topological polar surface area (TPSA) is 49.9 Å². The second-order valence-electron chi connectivity index (χ2n) is 12.6. The normalized spacial score (nSPS) is 15.3. The fourth-order valence-corrected chi connectivity index (χ4v) is 7.31. The third kappa shape index (κ3) is 4.07. The summed E-state index contributed by atoms with van der Waals surface area (Å²) in [6.45, 7) is 4.65. The van der Waals surface area contributed by atoms with Crippen LogP contribution in [0.1, 0.15) is 47.8 Å². The van der Waals surface area contributed by atoms with Crippen LogP contribution in [0.4, 0.5) is 0 Å². The van der Waals surface area contributed by atoms with Gasteiger partial charge in [0.05, 0.1) is 0 Å². The molecule has 4 heteroatoms. The first-order valence-electron chi connectivity index (χ1n) is 15.8. The minimum Gasteiger partial charge on any atom is -0.456 e. The smallest absolute Gasteiger partial charge is 0.170 e. The maximum Gasteiger partial charge on any atom is 0.170 e. The summed E-state index contributed by atoms with van der Waals surface area (Å²) in [6.07, 6.45) is -0.450. The summed E-state index contributed by atoms with van der Waals surface area (Å²) in [4.78, 5) is 10.4. The fourth-order valence-electron chi connectivity index (χ4n) is 7.31. The summed E-state index contributed by atoms with van der Waals surface area (Å²) in [5.74, 6) is 1.59. The van der Waals surface area contributed by atoms with E-state index in [1.165, 1.54) is 33.4 Å². The van der Waals surface area contributed by atoms with Crippen LogP contribution in [0.3, 0.4) is 0 Å². The van der Waals surface area contributed by atoms with Crippen molar-refractivity contribution in [1.29, 1.82) is 0 Å². The molecule has 0 radical (unpaired) electrons. The zero-order valence-corrected chi connectivity index (χ0v) is 25.7. The van der Waals surface area contributed by atoms with Crippen LogP contribution in [-0.4, -0.2) is 11.7 Å². The lowest BCUT2D eigenvalue weighted by molar-refractivity contribution is 0.660. The summed E-state index contributed by atoms with van der Waals surface area (Å²) < 4.78 is 6.47. The molecule has 0 bridgehead atoms. The average molecular weight is 594 g/mol. The van der Waals surface area contributed by atoms with E-state index in [0.717, 1.165) is 50.3 Å². The molecule has 0 spiro atoms. The predicted molar refractivity (Wildman–Crippen MR) is 189 cm³/mol. The summed E-state index contributed by atoms with van der Waals surface area (Å²) in [7, 11) is 0. The molecule has 2 aliphatic rings. The first-order valence-corrected chi connectivity index (χ1v) is 15.8. The molecule has 46 heavy (non-hydrogen) atoms. The first-order chi connectivity index (χ1) is 22.6. The molecule has 1 aliphatic heterocycles. The van der Waals surface area contributed by atoms with Crippen LogP contribution in [0.5, 0.6) is 0 Å². The van der Waals surface area contributed by atoms with Gasteiger partial charge in [0.1, 0.15) is 22.8 Å². The summed E-state index contributed by atoms with van der Waals surface area (Å²) >= 11 is 0. The SMILES string of the molecule is CC1(C)c2ccccc2-c2c(-c3ccc4oc5cccc(C6N=C(c7ccccc7)NC(c7ccccc7)=N6)c5c4c3)cccc21. The number of aliphatic imine (C=N–C) groups is 2. The van der Waals surface area contributed by atoms with Gasteiger partial charge in [-0.1, -0.05) is 135 Å². The van der Waals surface area contributed by atoms with Gasteiger partial charge in [0, 0.05) is 32.9 Å². The van der Waals surface area contributed by atoms with E-state index in [9.17, 15) is 0 Å². The van der Waals surface area contributed by atoms with Gasteiger partial charge in [-0.2, -0.15) is 0 Å². The second kappa shape index (κ2) is 10.1. The van der Waals surface area contributed by atoms with Gasteiger partial charge in [-0.05, 0) is 51.6 Å². The van der Waals surface area contributed by atoms with E-state index >= 15 is 0 Å². The Morgan fingerprint density at radius 3 is 1.93 bits per heavy atom. The zero-order chi connectivity index (χ0) is 30.8. The molecule has 0 saturated carbocycles. The Balaban J connectivity index is 1.24. The maximum atomic E-state index is 6.47.